The first-order chi connectivity index (χ1) is 11.6. The van der Waals surface area contributed by atoms with Crippen molar-refractivity contribution in [3.8, 4) is 0 Å². The highest BCUT2D eigenvalue weighted by Gasteiger charge is 2.07. The lowest BCUT2D eigenvalue weighted by molar-refractivity contribution is 1.22. The molecule has 0 spiro atoms. The molecule has 0 aliphatic rings. The van der Waals surface area contributed by atoms with Crippen molar-refractivity contribution in [1.82, 2.24) is 15.0 Å². The maximum absolute atomic E-state index is 5.93. The van der Waals surface area contributed by atoms with E-state index in [1.807, 2.05) is 50.2 Å². The van der Waals surface area contributed by atoms with Gasteiger partial charge in [-0.25, -0.2) is 15.0 Å². The summed E-state index contributed by atoms with van der Waals surface area (Å²) in [5, 5.41) is 9.48. The predicted molar refractivity (Wildman–Crippen MR) is 97.2 cm³/mol. The smallest absolute Gasteiger partial charge is 0.190 e. The van der Waals surface area contributed by atoms with Gasteiger partial charge in [-0.15, -0.1) is 5.11 Å². The molecule has 0 aliphatic heterocycles. The highest BCUT2D eigenvalue weighted by molar-refractivity contribution is 7.18. The fraction of sp³-hybridized carbons (Fsp3) is 0.118. The number of rotatable bonds is 2. The second kappa shape index (κ2) is 5.61. The summed E-state index contributed by atoms with van der Waals surface area (Å²) >= 11 is 1.54. The Morgan fingerprint density at radius 1 is 0.917 bits per heavy atom. The van der Waals surface area contributed by atoms with E-state index in [0.29, 0.717) is 22.7 Å². The van der Waals surface area contributed by atoms with Gasteiger partial charge in [0.25, 0.3) is 0 Å². The van der Waals surface area contributed by atoms with Crippen molar-refractivity contribution in [3.05, 3.63) is 47.0 Å². The number of nitrogens with zero attached hydrogens (tertiary/aromatic N) is 5. The van der Waals surface area contributed by atoms with Crippen molar-refractivity contribution in [2.45, 2.75) is 13.8 Å². The molecule has 0 bridgehead atoms. The summed E-state index contributed by atoms with van der Waals surface area (Å²) in [5.41, 5.74) is 11.2. The van der Waals surface area contributed by atoms with E-state index in [1.165, 1.54) is 0 Å². The van der Waals surface area contributed by atoms with Gasteiger partial charge in [0.15, 0.2) is 10.5 Å². The number of aromatic nitrogens is 3. The summed E-state index contributed by atoms with van der Waals surface area (Å²) in [6.07, 6.45) is 0. The van der Waals surface area contributed by atoms with E-state index in [-0.39, 0.29) is 0 Å². The molecule has 4 aromatic rings. The Morgan fingerprint density at radius 3 is 2.67 bits per heavy atom. The molecule has 2 N–H and O–H groups in total. The fourth-order valence-electron chi connectivity index (χ4n) is 2.38. The average molecular weight is 334 g/mol. The molecule has 2 aromatic carbocycles. The molecule has 6 nitrogen and oxygen atoms in total. The van der Waals surface area contributed by atoms with Crippen molar-refractivity contribution in [1.29, 1.82) is 0 Å². The number of fused-ring (bicyclic) bond motifs is 2. The Kier molecular flexibility index (Phi) is 3.42. The number of azo groups is 1. The average Bonchev–Trinajstić information content (AvgIpc) is 2.92. The maximum atomic E-state index is 5.93. The third kappa shape index (κ3) is 2.69. The Bertz CT molecular complexity index is 1100. The predicted octanol–water partition coefficient (Wildman–Crippen LogP) is 4.85. The van der Waals surface area contributed by atoms with Crippen LogP contribution < -0.4 is 5.73 Å². The third-order valence-corrected chi connectivity index (χ3v) is 4.42. The van der Waals surface area contributed by atoms with E-state index in [0.717, 1.165) is 26.4 Å². The largest absolute Gasteiger partial charge is 0.397 e. The Balaban J connectivity index is 1.75. The van der Waals surface area contributed by atoms with Crippen LogP contribution in [-0.2, 0) is 0 Å². The first kappa shape index (κ1) is 14.6. The topological polar surface area (TPSA) is 89.4 Å². The summed E-state index contributed by atoms with van der Waals surface area (Å²) in [7, 11) is 0. The van der Waals surface area contributed by atoms with Crippen LogP contribution in [0.1, 0.15) is 10.6 Å². The highest BCUT2D eigenvalue weighted by atomic mass is 32.1. The number of anilines is 1. The van der Waals surface area contributed by atoms with Crippen molar-refractivity contribution in [2.75, 3.05) is 5.73 Å². The van der Waals surface area contributed by atoms with E-state index >= 15 is 0 Å². The Labute approximate surface area is 142 Å². The number of hydrogen-bond donors (Lipinski definition) is 1. The molecule has 7 heteroatoms. The molecular formula is C17H14N6S. The lowest BCUT2D eigenvalue weighted by Gasteiger charge is -2.01. The van der Waals surface area contributed by atoms with Crippen LogP contribution in [0.2, 0.25) is 0 Å². The summed E-state index contributed by atoms with van der Waals surface area (Å²) < 4.78 is 0. The molecule has 0 aliphatic carbocycles. The third-order valence-electron chi connectivity index (χ3n) is 3.57. The van der Waals surface area contributed by atoms with Gasteiger partial charge in [0.1, 0.15) is 5.69 Å². The molecule has 2 heterocycles. The van der Waals surface area contributed by atoms with Crippen LogP contribution in [0.4, 0.5) is 17.1 Å². The summed E-state index contributed by atoms with van der Waals surface area (Å²) in [6.45, 7) is 3.94. The van der Waals surface area contributed by atoms with Gasteiger partial charge >= 0.3 is 0 Å². The van der Waals surface area contributed by atoms with Gasteiger partial charge < -0.3 is 5.73 Å². The summed E-state index contributed by atoms with van der Waals surface area (Å²) in [6, 6.07) is 11.3. The normalized spacial score (nSPS) is 11.8. The minimum atomic E-state index is 0.601. The molecule has 0 saturated carbocycles. The number of hydrogen-bond acceptors (Lipinski definition) is 7. The van der Waals surface area contributed by atoms with Crippen molar-refractivity contribution in [2.24, 2.45) is 10.2 Å². The van der Waals surface area contributed by atoms with Gasteiger partial charge in [-0.05, 0) is 49.7 Å². The van der Waals surface area contributed by atoms with Crippen LogP contribution in [0, 0.1) is 13.8 Å². The van der Waals surface area contributed by atoms with E-state index in [1.54, 1.807) is 11.3 Å². The monoisotopic (exact) mass is 334 g/mol. The number of nitrogens with two attached hydrogens (primary N) is 1. The first-order valence-corrected chi connectivity index (χ1v) is 8.23. The summed E-state index contributed by atoms with van der Waals surface area (Å²) in [4.78, 5) is 14.4. The van der Waals surface area contributed by atoms with Gasteiger partial charge in [0.05, 0.1) is 27.4 Å². The molecule has 0 radical (unpaired) electrons. The lowest BCUT2D eigenvalue weighted by atomic mass is 10.2. The zero-order valence-electron chi connectivity index (χ0n) is 13.2. The Hall–Kier alpha value is -2.93. The van der Waals surface area contributed by atoms with Crippen LogP contribution in [0.3, 0.4) is 0 Å². The van der Waals surface area contributed by atoms with Crippen molar-refractivity contribution < 1.29 is 0 Å². The second-order valence-electron chi connectivity index (χ2n) is 5.52. The van der Waals surface area contributed by atoms with E-state index in [9.17, 15) is 0 Å². The highest BCUT2D eigenvalue weighted by Crippen LogP contribution is 2.27. The van der Waals surface area contributed by atoms with Gasteiger partial charge in [-0.3, -0.25) is 0 Å². The minimum Gasteiger partial charge on any atom is -0.397 e. The first-order valence-electron chi connectivity index (χ1n) is 7.41. The van der Waals surface area contributed by atoms with Gasteiger partial charge in [0, 0.05) is 0 Å². The van der Waals surface area contributed by atoms with E-state index in [2.05, 4.69) is 25.2 Å². The molecular weight excluding hydrogens is 320 g/mol. The standard InChI is InChI=1S/C17H14N6S/c1-9-3-5-12(18)14(7-9)23-22-11-4-6-13-15(8-11)20-16-17(21-13)24-10(2)19-16/h3-8H,18H2,1-2H3. The van der Waals surface area contributed by atoms with E-state index in [4.69, 9.17) is 5.73 Å². The van der Waals surface area contributed by atoms with Crippen molar-refractivity contribution >= 4 is 49.9 Å². The Morgan fingerprint density at radius 2 is 1.79 bits per heavy atom. The molecule has 0 atom stereocenters. The zero-order valence-corrected chi connectivity index (χ0v) is 14.0. The minimum absolute atomic E-state index is 0.601. The molecule has 0 amide bonds. The lowest BCUT2D eigenvalue weighted by Crippen LogP contribution is -1.85. The zero-order chi connectivity index (χ0) is 16.7. The van der Waals surface area contributed by atoms with Crippen LogP contribution in [0.5, 0.6) is 0 Å². The van der Waals surface area contributed by atoms with Gasteiger partial charge in [-0.2, -0.15) is 5.11 Å². The van der Waals surface area contributed by atoms with Gasteiger partial charge in [-0.1, -0.05) is 17.4 Å². The van der Waals surface area contributed by atoms with E-state index < -0.39 is 0 Å². The molecule has 0 fully saturated rings. The number of benzene rings is 2. The molecule has 0 saturated heterocycles. The number of thiazole rings is 1. The van der Waals surface area contributed by atoms with Crippen LogP contribution in [-0.4, -0.2) is 15.0 Å². The molecule has 24 heavy (non-hydrogen) atoms. The quantitative estimate of drug-likeness (QED) is 0.419. The number of aryl methyl sites for hydroxylation is 2. The molecule has 118 valence electrons. The second-order valence-corrected chi connectivity index (χ2v) is 6.70. The number of nitrogen functional groups attached to an aromatic ring is 1. The van der Waals surface area contributed by atoms with Crippen LogP contribution >= 0.6 is 11.3 Å². The fourth-order valence-corrected chi connectivity index (χ4v) is 3.12. The molecule has 2 aromatic heterocycles. The SMILES string of the molecule is Cc1ccc(N)c(N=Nc2ccc3nc4sc(C)nc4nc3c2)c1. The maximum Gasteiger partial charge on any atom is 0.190 e. The van der Waals surface area contributed by atoms with Gasteiger partial charge in [0.2, 0.25) is 0 Å². The molecule has 4 rings (SSSR count). The van der Waals surface area contributed by atoms with Crippen molar-refractivity contribution in [3.63, 3.8) is 0 Å². The van der Waals surface area contributed by atoms with Crippen LogP contribution in [0.25, 0.3) is 21.5 Å². The molecule has 0 unspecified atom stereocenters. The summed E-state index contributed by atoms with van der Waals surface area (Å²) in [5.74, 6) is 0. The van der Waals surface area contributed by atoms with Crippen LogP contribution in [0.15, 0.2) is 46.6 Å².